The quantitative estimate of drug-likeness (QED) is 0.921. The third kappa shape index (κ3) is 2.35. The molecule has 2 atom stereocenters. The number of hydrogen-bond donors (Lipinski definition) is 1. The molecule has 0 spiro atoms. The van der Waals surface area contributed by atoms with E-state index in [-0.39, 0.29) is 12.1 Å². The summed E-state index contributed by atoms with van der Waals surface area (Å²) in [6.07, 6.45) is 2.54. The molecule has 20 heavy (non-hydrogen) atoms. The van der Waals surface area contributed by atoms with Crippen LogP contribution in [-0.2, 0) is 4.74 Å². The van der Waals surface area contributed by atoms with E-state index in [1.54, 1.807) is 0 Å². The van der Waals surface area contributed by atoms with Crippen LogP contribution in [0.5, 0.6) is 0 Å². The molecular formula is C17H18N2O. The molecule has 0 saturated carbocycles. The molecule has 3 heteroatoms. The van der Waals surface area contributed by atoms with E-state index >= 15 is 0 Å². The second kappa shape index (κ2) is 5.52. The molecule has 1 heterocycles. The van der Waals surface area contributed by atoms with Crippen LogP contribution in [-0.4, -0.2) is 18.8 Å². The average Bonchev–Trinajstić information content (AvgIpc) is 3.02. The number of nitrogens with zero attached hydrogens (tertiary/aromatic N) is 1. The van der Waals surface area contributed by atoms with Gasteiger partial charge >= 0.3 is 0 Å². The van der Waals surface area contributed by atoms with Gasteiger partial charge in [-0.25, -0.2) is 0 Å². The summed E-state index contributed by atoms with van der Waals surface area (Å²) >= 11 is 0. The van der Waals surface area contributed by atoms with Gasteiger partial charge in [-0.1, -0.05) is 24.3 Å². The molecule has 2 aromatic carbocycles. The van der Waals surface area contributed by atoms with Crippen molar-refractivity contribution >= 4 is 16.5 Å². The Bertz CT molecular complexity index is 654. The summed E-state index contributed by atoms with van der Waals surface area (Å²) in [5.41, 5.74) is 1.79. The summed E-state index contributed by atoms with van der Waals surface area (Å²) in [6, 6.07) is 14.4. The normalized spacial score (nSPS) is 19.7. The lowest BCUT2D eigenvalue weighted by molar-refractivity contribution is 0.0997. The van der Waals surface area contributed by atoms with Crippen LogP contribution < -0.4 is 5.32 Å². The molecule has 1 N–H and O–H groups in total. The molecule has 3 nitrogen and oxygen atoms in total. The molecule has 2 aromatic rings. The molecule has 3 rings (SSSR count). The number of fused-ring (bicyclic) bond motifs is 1. The van der Waals surface area contributed by atoms with Crippen LogP contribution in [0.15, 0.2) is 36.4 Å². The Kier molecular flexibility index (Phi) is 3.58. The van der Waals surface area contributed by atoms with Crippen molar-refractivity contribution in [1.29, 1.82) is 5.26 Å². The fourth-order valence-corrected chi connectivity index (χ4v) is 2.86. The third-order valence-electron chi connectivity index (χ3n) is 3.95. The van der Waals surface area contributed by atoms with Gasteiger partial charge in [-0.2, -0.15) is 5.26 Å². The Hall–Kier alpha value is -2.05. The number of hydrogen-bond acceptors (Lipinski definition) is 3. The number of rotatable bonds is 3. The van der Waals surface area contributed by atoms with Crippen LogP contribution in [0.4, 0.5) is 5.69 Å². The van der Waals surface area contributed by atoms with Crippen LogP contribution >= 0.6 is 0 Å². The maximum atomic E-state index is 9.19. The zero-order valence-corrected chi connectivity index (χ0v) is 11.6. The van der Waals surface area contributed by atoms with Crippen LogP contribution in [0.2, 0.25) is 0 Å². The van der Waals surface area contributed by atoms with E-state index in [4.69, 9.17) is 4.74 Å². The minimum atomic E-state index is 0.272. The third-order valence-corrected chi connectivity index (χ3v) is 3.95. The molecule has 1 fully saturated rings. The Balaban J connectivity index is 1.94. The van der Waals surface area contributed by atoms with Gasteiger partial charge in [0.1, 0.15) is 0 Å². The predicted molar refractivity (Wildman–Crippen MR) is 80.7 cm³/mol. The lowest BCUT2D eigenvalue weighted by atomic mass is 10.0. The van der Waals surface area contributed by atoms with Crippen LogP contribution in [0.1, 0.15) is 25.3 Å². The first-order valence-corrected chi connectivity index (χ1v) is 7.09. The molecule has 1 aliphatic rings. The van der Waals surface area contributed by atoms with Gasteiger partial charge in [0.2, 0.25) is 0 Å². The summed E-state index contributed by atoms with van der Waals surface area (Å²) in [6.45, 7) is 3.02. The highest BCUT2D eigenvalue weighted by atomic mass is 16.5. The largest absolute Gasteiger partial charge is 0.379 e. The monoisotopic (exact) mass is 266 g/mol. The van der Waals surface area contributed by atoms with E-state index in [1.807, 2.05) is 30.3 Å². The Labute approximate surface area is 119 Å². The topological polar surface area (TPSA) is 45.0 Å². The van der Waals surface area contributed by atoms with Gasteiger partial charge in [0.05, 0.1) is 17.7 Å². The van der Waals surface area contributed by atoms with Gasteiger partial charge in [-0.3, -0.25) is 0 Å². The molecule has 0 amide bonds. The van der Waals surface area contributed by atoms with Crippen molar-refractivity contribution in [3.8, 4) is 6.07 Å². The molecule has 1 aliphatic heterocycles. The minimum absolute atomic E-state index is 0.272. The van der Waals surface area contributed by atoms with E-state index in [0.717, 1.165) is 41.5 Å². The summed E-state index contributed by atoms with van der Waals surface area (Å²) in [7, 11) is 0. The molecule has 0 aliphatic carbocycles. The highest BCUT2D eigenvalue weighted by molar-refractivity contribution is 5.97. The van der Waals surface area contributed by atoms with Crippen molar-refractivity contribution in [3.05, 3.63) is 42.0 Å². The molecule has 1 saturated heterocycles. The van der Waals surface area contributed by atoms with Crippen molar-refractivity contribution < 1.29 is 4.74 Å². The van der Waals surface area contributed by atoms with Gasteiger partial charge in [0, 0.05) is 29.1 Å². The van der Waals surface area contributed by atoms with Crippen LogP contribution in [0.3, 0.4) is 0 Å². The smallest absolute Gasteiger partial charge is 0.0998 e. The second-order valence-electron chi connectivity index (χ2n) is 5.30. The molecule has 0 aromatic heterocycles. The molecule has 2 unspecified atom stereocenters. The molecular weight excluding hydrogens is 248 g/mol. The van der Waals surface area contributed by atoms with Gasteiger partial charge in [-0.05, 0) is 31.9 Å². The predicted octanol–water partition coefficient (Wildman–Crippen LogP) is 3.69. The zero-order valence-electron chi connectivity index (χ0n) is 11.6. The zero-order chi connectivity index (χ0) is 13.9. The van der Waals surface area contributed by atoms with Gasteiger partial charge in [-0.15, -0.1) is 0 Å². The molecule has 102 valence electrons. The average molecular weight is 266 g/mol. The number of benzene rings is 2. The Morgan fingerprint density at radius 3 is 2.75 bits per heavy atom. The maximum absolute atomic E-state index is 9.19. The highest BCUT2D eigenvalue weighted by Crippen LogP contribution is 2.28. The molecule has 0 bridgehead atoms. The fraction of sp³-hybridized carbons (Fsp3) is 0.353. The minimum Gasteiger partial charge on any atom is -0.379 e. The van der Waals surface area contributed by atoms with E-state index in [0.29, 0.717) is 0 Å². The van der Waals surface area contributed by atoms with Gasteiger partial charge < -0.3 is 10.1 Å². The lowest BCUT2D eigenvalue weighted by Gasteiger charge is -2.22. The number of nitriles is 1. The van der Waals surface area contributed by atoms with Crippen molar-refractivity contribution in [2.45, 2.75) is 31.9 Å². The SMILES string of the molecule is CC(Nc1ccc(C#N)c2ccccc12)C1CCCO1. The first-order valence-electron chi connectivity index (χ1n) is 7.09. The highest BCUT2D eigenvalue weighted by Gasteiger charge is 2.22. The van der Waals surface area contributed by atoms with Crippen molar-refractivity contribution in [3.63, 3.8) is 0 Å². The standard InChI is InChI=1S/C17H18N2O/c1-12(17-7-4-10-20-17)19-16-9-8-13(11-18)14-5-2-3-6-15(14)16/h2-3,5-6,8-9,12,17,19H,4,7,10H2,1H3. The summed E-state index contributed by atoms with van der Waals surface area (Å²) in [5, 5.41) is 14.8. The van der Waals surface area contributed by atoms with E-state index in [9.17, 15) is 5.26 Å². The summed E-state index contributed by atoms with van der Waals surface area (Å²) in [4.78, 5) is 0. The summed E-state index contributed by atoms with van der Waals surface area (Å²) < 4.78 is 5.73. The summed E-state index contributed by atoms with van der Waals surface area (Å²) in [5.74, 6) is 0. The van der Waals surface area contributed by atoms with Gasteiger partial charge in [0.25, 0.3) is 0 Å². The number of nitrogens with one attached hydrogen (secondary N) is 1. The fourth-order valence-electron chi connectivity index (χ4n) is 2.86. The maximum Gasteiger partial charge on any atom is 0.0998 e. The van der Waals surface area contributed by atoms with Crippen molar-refractivity contribution in [2.24, 2.45) is 0 Å². The van der Waals surface area contributed by atoms with E-state index in [2.05, 4.69) is 24.4 Å². The Morgan fingerprint density at radius 2 is 2.05 bits per heavy atom. The first kappa shape index (κ1) is 13.0. The number of anilines is 1. The van der Waals surface area contributed by atoms with Crippen LogP contribution in [0, 0.1) is 11.3 Å². The first-order chi connectivity index (χ1) is 9.79. The number of ether oxygens (including phenoxy) is 1. The van der Waals surface area contributed by atoms with Gasteiger partial charge in [0.15, 0.2) is 0 Å². The van der Waals surface area contributed by atoms with Crippen molar-refractivity contribution in [1.82, 2.24) is 0 Å². The van der Waals surface area contributed by atoms with Crippen molar-refractivity contribution in [2.75, 3.05) is 11.9 Å². The molecule has 0 radical (unpaired) electrons. The second-order valence-corrected chi connectivity index (χ2v) is 5.30. The van der Waals surface area contributed by atoms with Crippen LogP contribution in [0.25, 0.3) is 10.8 Å². The van der Waals surface area contributed by atoms with E-state index < -0.39 is 0 Å². The Morgan fingerprint density at radius 1 is 1.25 bits per heavy atom. The van der Waals surface area contributed by atoms with E-state index in [1.165, 1.54) is 0 Å². The lowest BCUT2D eigenvalue weighted by Crippen LogP contribution is -2.30.